The van der Waals surface area contributed by atoms with Crippen molar-refractivity contribution in [3.8, 4) is 0 Å². The monoisotopic (exact) mass is 399 g/mol. The molecule has 1 fully saturated rings. The Morgan fingerprint density at radius 3 is 2.64 bits per heavy atom. The van der Waals surface area contributed by atoms with Gasteiger partial charge in [0.15, 0.2) is 0 Å². The summed E-state index contributed by atoms with van der Waals surface area (Å²) in [6.45, 7) is 7.30. The molecule has 2 heterocycles. The van der Waals surface area contributed by atoms with Gasteiger partial charge in [0.25, 0.3) is 0 Å². The molecular formula is C18H31N4O6-. The molecule has 2 rings (SSSR count). The van der Waals surface area contributed by atoms with Gasteiger partial charge in [-0.15, -0.1) is 0 Å². The van der Waals surface area contributed by atoms with E-state index in [0.717, 1.165) is 0 Å². The molecule has 0 bridgehead atoms. The standard InChI is InChI=1S/C18H31N4O6/c1-11-16(25-6)12(20-17(23)28-18(2,3)4)8-9-14(27-11)15-13(22(24)26-7)10-19-21(15)5/h10-12,14,16H,8-9H2,1-7H3,(H,20,23)/q-1/t11-,12-,14+,16-/m1/s1. The minimum Gasteiger partial charge on any atom is -0.733 e. The lowest BCUT2D eigenvalue weighted by Gasteiger charge is -2.31. The molecule has 1 aliphatic heterocycles. The maximum absolute atomic E-state index is 12.2. The van der Waals surface area contributed by atoms with Gasteiger partial charge in [-0.3, -0.25) is 9.52 Å². The highest BCUT2D eigenvalue weighted by molar-refractivity contribution is 5.68. The summed E-state index contributed by atoms with van der Waals surface area (Å²) in [5, 5.41) is 19.5. The second-order valence-electron chi connectivity index (χ2n) is 7.84. The Hall–Kier alpha value is -1.88. The quantitative estimate of drug-likeness (QED) is 0.752. The van der Waals surface area contributed by atoms with E-state index in [-0.39, 0.29) is 23.9 Å². The Morgan fingerprint density at radius 1 is 1.39 bits per heavy atom. The number of aromatic nitrogens is 2. The molecule has 1 amide bonds. The van der Waals surface area contributed by atoms with Crippen LogP contribution >= 0.6 is 0 Å². The molecule has 0 aromatic carbocycles. The van der Waals surface area contributed by atoms with Crippen LogP contribution in [0.5, 0.6) is 0 Å². The lowest BCUT2D eigenvalue weighted by atomic mass is 10.0. The van der Waals surface area contributed by atoms with E-state index in [9.17, 15) is 10.0 Å². The summed E-state index contributed by atoms with van der Waals surface area (Å²) < 4.78 is 18.8. The lowest BCUT2D eigenvalue weighted by Crippen LogP contribution is -2.49. The van der Waals surface area contributed by atoms with Crippen molar-refractivity contribution in [3.05, 3.63) is 17.1 Å². The number of carbonyl (C=O) groups excluding carboxylic acids is 1. The van der Waals surface area contributed by atoms with Crippen LogP contribution in [0.3, 0.4) is 0 Å². The molecule has 28 heavy (non-hydrogen) atoms. The number of anilines is 1. The molecule has 0 saturated carbocycles. The highest BCUT2D eigenvalue weighted by Crippen LogP contribution is 2.36. The zero-order valence-electron chi connectivity index (χ0n) is 17.6. The predicted molar refractivity (Wildman–Crippen MR) is 103 cm³/mol. The minimum atomic E-state index is -0.594. The summed E-state index contributed by atoms with van der Waals surface area (Å²) in [5.41, 5.74) is 0.301. The average Bonchev–Trinajstić information content (AvgIpc) is 2.90. The third kappa shape index (κ3) is 5.34. The Bertz CT molecular complexity index is 659. The number of methoxy groups -OCH3 is 1. The van der Waals surface area contributed by atoms with E-state index >= 15 is 0 Å². The summed E-state index contributed by atoms with van der Waals surface area (Å²) >= 11 is 0. The van der Waals surface area contributed by atoms with Crippen molar-refractivity contribution in [3.63, 3.8) is 0 Å². The first-order valence-corrected chi connectivity index (χ1v) is 9.28. The molecule has 0 aliphatic carbocycles. The molecule has 160 valence electrons. The number of nitrogens with zero attached hydrogens (tertiary/aromatic N) is 3. The third-order valence-corrected chi connectivity index (χ3v) is 4.58. The maximum Gasteiger partial charge on any atom is 0.407 e. The topological polar surface area (TPSA) is 110 Å². The fourth-order valence-corrected chi connectivity index (χ4v) is 3.44. The highest BCUT2D eigenvalue weighted by atomic mass is 16.9. The van der Waals surface area contributed by atoms with Gasteiger partial charge in [0.05, 0.1) is 36.8 Å². The molecule has 4 atom stereocenters. The third-order valence-electron chi connectivity index (χ3n) is 4.58. The fourth-order valence-electron chi connectivity index (χ4n) is 3.44. The van der Waals surface area contributed by atoms with Crippen LogP contribution in [0.2, 0.25) is 0 Å². The van der Waals surface area contributed by atoms with E-state index in [1.54, 1.807) is 18.8 Å². The summed E-state index contributed by atoms with van der Waals surface area (Å²) in [6, 6.07) is -0.303. The van der Waals surface area contributed by atoms with Gasteiger partial charge in [0, 0.05) is 14.2 Å². The van der Waals surface area contributed by atoms with Gasteiger partial charge < -0.3 is 30.0 Å². The van der Waals surface area contributed by atoms with Crippen LogP contribution in [0.4, 0.5) is 10.5 Å². The first kappa shape index (κ1) is 22.4. The van der Waals surface area contributed by atoms with E-state index < -0.39 is 17.8 Å². The molecule has 0 unspecified atom stereocenters. The molecule has 0 radical (unpaired) electrons. The molecule has 1 saturated heterocycles. The summed E-state index contributed by atoms with van der Waals surface area (Å²) in [6.07, 6.45) is 0.930. The van der Waals surface area contributed by atoms with Crippen LogP contribution in [0.25, 0.3) is 0 Å². The number of ether oxygens (including phenoxy) is 3. The number of rotatable bonds is 5. The van der Waals surface area contributed by atoms with Gasteiger partial charge in [-0.1, -0.05) is 0 Å². The fraction of sp³-hybridized carbons (Fsp3) is 0.778. The number of aryl methyl sites for hydroxylation is 1. The normalized spacial score (nSPS) is 25.9. The zero-order valence-corrected chi connectivity index (χ0v) is 17.6. The smallest absolute Gasteiger partial charge is 0.407 e. The van der Waals surface area contributed by atoms with Gasteiger partial charge in [-0.2, -0.15) is 5.10 Å². The number of alkyl carbamates (subject to hydrolysis) is 1. The van der Waals surface area contributed by atoms with Crippen molar-refractivity contribution in [2.75, 3.05) is 19.4 Å². The van der Waals surface area contributed by atoms with Gasteiger partial charge in [-0.05, 0) is 40.5 Å². The van der Waals surface area contributed by atoms with Crippen molar-refractivity contribution in [1.82, 2.24) is 15.1 Å². The summed E-state index contributed by atoms with van der Waals surface area (Å²) in [7, 11) is 4.61. The van der Waals surface area contributed by atoms with Crippen LogP contribution < -0.4 is 10.5 Å². The Kier molecular flexibility index (Phi) is 7.27. The molecule has 1 N–H and O–H groups in total. The van der Waals surface area contributed by atoms with Crippen molar-refractivity contribution >= 4 is 11.8 Å². The Morgan fingerprint density at radius 2 is 2.07 bits per heavy atom. The first-order valence-electron chi connectivity index (χ1n) is 9.28. The molecule has 10 nitrogen and oxygen atoms in total. The molecule has 10 heteroatoms. The van der Waals surface area contributed by atoms with Crippen LogP contribution in [0, 0.1) is 5.21 Å². The second-order valence-corrected chi connectivity index (χ2v) is 7.84. The average molecular weight is 399 g/mol. The number of hydrogen-bond acceptors (Lipinski definition) is 8. The van der Waals surface area contributed by atoms with Crippen LogP contribution in [0.15, 0.2) is 6.20 Å². The second kappa shape index (κ2) is 9.08. The van der Waals surface area contributed by atoms with Crippen LogP contribution in [-0.2, 0) is 26.1 Å². The largest absolute Gasteiger partial charge is 0.733 e. The maximum atomic E-state index is 12.2. The van der Waals surface area contributed by atoms with Gasteiger partial charge >= 0.3 is 6.09 Å². The molecule has 0 spiro atoms. The van der Waals surface area contributed by atoms with Crippen molar-refractivity contribution in [1.29, 1.82) is 0 Å². The van der Waals surface area contributed by atoms with Crippen molar-refractivity contribution in [2.24, 2.45) is 7.05 Å². The molecule has 1 aliphatic rings. The number of carbonyl (C=O) groups is 1. The van der Waals surface area contributed by atoms with E-state index in [2.05, 4.69) is 10.4 Å². The molecule has 1 aromatic rings. The van der Waals surface area contributed by atoms with Crippen LogP contribution in [-0.4, -0.2) is 53.9 Å². The van der Waals surface area contributed by atoms with E-state index in [1.165, 1.54) is 13.3 Å². The SMILES string of the molecule is CO[C@H]1[C@H](NC(=O)OC(C)(C)C)CC[C@@H](c2c(N([O-])OC)cnn2C)O[C@@H]1C. The summed E-state index contributed by atoms with van der Waals surface area (Å²) in [5.74, 6) is 0. The van der Waals surface area contributed by atoms with Crippen molar-refractivity contribution in [2.45, 2.75) is 70.5 Å². The van der Waals surface area contributed by atoms with Crippen molar-refractivity contribution < 1.29 is 23.8 Å². The van der Waals surface area contributed by atoms with E-state index in [4.69, 9.17) is 19.0 Å². The van der Waals surface area contributed by atoms with Gasteiger partial charge in [0.2, 0.25) is 0 Å². The first-order chi connectivity index (χ1) is 13.1. The Balaban J connectivity index is 2.21. The Labute approximate surface area is 165 Å². The lowest BCUT2D eigenvalue weighted by molar-refractivity contribution is -0.0792. The molecule has 1 aromatic heterocycles. The number of nitrogens with one attached hydrogen (secondary N) is 1. The summed E-state index contributed by atoms with van der Waals surface area (Å²) in [4.78, 5) is 17.0. The van der Waals surface area contributed by atoms with Gasteiger partial charge in [-0.25, -0.2) is 4.79 Å². The minimum absolute atomic E-state index is 0.287. The highest BCUT2D eigenvalue weighted by Gasteiger charge is 2.37. The predicted octanol–water partition coefficient (Wildman–Crippen LogP) is 2.43. The molecular weight excluding hydrogens is 368 g/mol. The number of hydrogen-bond donors (Lipinski definition) is 1. The van der Waals surface area contributed by atoms with E-state index in [0.29, 0.717) is 23.8 Å². The zero-order chi connectivity index (χ0) is 21.1. The number of amides is 1. The van der Waals surface area contributed by atoms with Crippen LogP contribution in [0.1, 0.15) is 52.3 Å². The van der Waals surface area contributed by atoms with Gasteiger partial charge in [0.1, 0.15) is 17.8 Å². The van der Waals surface area contributed by atoms with E-state index in [1.807, 2.05) is 27.7 Å².